The van der Waals surface area contributed by atoms with Crippen molar-refractivity contribution in [3.8, 4) is 0 Å². The summed E-state index contributed by atoms with van der Waals surface area (Å²) >= 11 is 6.29. The van der Waals surface area contributed by atoms with Crippen LogP contribution in [0.25, 0.3) is 0 Å². The number of hydrazone groups is 1. The summed E-state index contributed by atoms with van der Waals surface area (Å²) in [6.07, 6.45) is 0.443. The number of nitrogens with zero attached hydrogens (tertiary/aromatic N) is 3. The zero-order chi connectivity index (χ0) is 22.7. The van der Waals surface area contributed by atoms with Gasteiger partial charge in [-0.05, 0) is 35.9 Å². The van der Waals surface area contributed by atoms with Crippen molar-refractivity contribution in [3.05, 3.63) is 95.0 Å². The topological polar surface area (TPSA) is 65.0 Å². The minimum absolute atomic E-state index is 0.100. The van der Waals surface area contributed by atoms with Gasteiger partial charge in [-0.25, -0.2) is 0 Å². The molecular formula is C25H23ClN4O2. The van der Waals surface area contributed by atoms with E-state index in [1.807, 2.05) is 65.7 Å². The third-order valence-corrected chi connectivity index (χ3v) is 5.57. The summed E-state index contributed by atoms with van der Waals surface area (Å²) in [4.78, 5) is 26.9. The minimum atomic E-state index is -0.347. The zero-order valence-electron chi connectivity index (χ0n) is 17.8. The molecule has 7 heteroatoms. The molecule has 4 rings (SSSR count). The number of hydrogen-bond donors (Lipinski definition) is 1. The molecule has 1 atom stereocenters. The van der Waals surface area contributed by atoms with Crippen molar-refractivity contribution in [2.75, 3.05) is 24.4 Å². The quantitative estimate of drug-likeness (QED) is 0.600. The highest BCUT2D eigenvalue weighted by atomic mass is 35.5. The molecule has 0 spiro atoms. The molecule has 0 radical (unpaired) electrons. The summed E-state index contributed by atoms with van der Waals surface area (Å²) in [6, 6.07) is 24.5. The van der Waals surface area contributed by atoms with Gasteiger partial charge in [-0.2, -0.15) is 5.10 Å². The molecule has 2 amide bonds. The van der Waals surface area contributed by atoms with Crippen LogP contribution >= 0.6 is 11.6 Å². The Morgan fingerprint density at radius 2 is 1.66 bits per heavy atom. The lowest BCUT2D eigenvalue weighted by atomic mass is 10.0. The van der Waals surface area contributed by atoms with Crippen molar-refractivity contribution in [2.24, 2.45) is 5.10 Å². The molecule has 1 aliphatic rings. The van der Waals surface area contributed by atoms with Crippen molar-refractivity contribution in [3.63, 3.8) is 0 Å². The molecule has 0 saturated carbocycles. The van der Waals surface area contributed by atoms with E-state index in [0.717, 1.165) is 11.3 Å². The number of para-hydroxylation sites is 1. The summed E-state index contributed by atoms with van der Waals surface area (Å²) in [5.41, 5.74) is 3.18. The number of benzene rings is 3. The molecule has 1 N–H and O–H groups in total. The van der Waals surface area contributed by atoms with Crippen LogP contribution in [0.1, 0.15) is 28.4 Å². The highest BCUT2D eigenvalue weighted by Gasteiger charge is 2.32. The molecule has 0 saturated heterocycles. The standard InChI is InChI=1S/C25H23ClN4O2/c1-29(2)25(32)18-13-14-20(26)21(15-18)27-24(31)22-16-23(17-9-5-3-6-10-17)30(28-22)19-11-7-4-8-12-19/h3-15,23H,16H2,1-2H3,(H,27,31). The molecule has 3 aromatic carbocycles. The first kappa shape index (κ1) is 21.6. The fourth-order valence-electron chi connectivity index (χ4n) is 3.61. The molecule has 32 heavy (non-hydrogen) atoms. The Hall–Kier alpha value is -3.64. The third-order valence-electron chi connectivity index (χ3n) is 5.25. The monoisotopic (exact) mass is 446 g/mol. The molecule has 0 bridgehead atoms. The predicted molar refractivity (Wildman–Crippen MR) is 128 cm³/mol. The van der Waals surface area contributed by atoms with Gasteiger partial charge in [-0.1, -0.05) is 60.1 Å². The van der Waals surface area contributed by atoms with Gasteiger partial charge >= 0.3 is 0 Å². The van der Waals surface area contributed by atoms with Gasteiger partial charge in [0.1, 0.15) is 5.71 Å². The van der Waals surface area contributed by atoms with Gasteiger partial charge in [-0.3, -0.25) is 14.6 Å². The SMILES string of the molecule is CN(C)C(=O)c1ccc(Cl)c(NC(=O)C2=NN(c3ccccc3)C(c3ccccc3)C2)c1. The number of halogens is 1. The maximum Gasteiger partial charge on any atom is 0.272 e. The predicted octanol–water partition coefficient (Wildman–Crippen LogP) is 4.99. The van der Waals surface area contributed by atoms with Crippen molar-refractivity contribution < 1.29 is 9.59 Å². The lowest BCUT2D eigenvalue weighted by molar-refractivity contribution is -0.110. The first-order valence-electron chi connectivity index (χ1n) is 10.2. The van der Waals surface area contributed by atoms with Crippen molar-refractivity contribution in [2.45, 2.75) is 12.5 Å². The third kappa shape index (κ3) is 4.50. The number of carbonyl (C=O) groups is 2. The zero-order valence-corrected chi connectivity index (χ0v) is 18.6. The van der Waals surface area contributed by atoms with E-state index in [2.05, 4.69) is 10.4 Å². The summed E-state index contributed by atoms with van der Waals surface area (Å²) in [7, 11) is 3.34. The first-order chi connectivity index (χ1) is 15.4. The first-order valence-corrected chi connectivity index (χ1v) is 10.6. The Kier molecular flexibility index (Phi) is 6.23. The van der Waals surface area contributed by atoms with Gasteiger partial charge in [0.15, 0.2) is 0 Å². The molecule has 3 aromatic rings. The molecule has 1 aliphatic heterocycles. The van der Waals surface area contributed by atoms with Crippen LogP contribution in [-0.4, -0.2) is 36.5 Å². The molecule has 1 heterocycles. The van der Waals surface area contributed by atoms with Gasteiger partial charge in [-0.15, -0.1) is 0 Å². The summed E-state index contributed by atoms with van der Waals surface area (Å²) in [6.45, 7) is 0. The van der Waals surface area contributed by atoms with Gasteiger partial charge in [0.05, 0.1) is 22.4 Å². The van der Waals surface area contributed by atoms with Gasteiger partial charge in [0, 0.05) is 26.1 Å². The molecular weight excluding hydrogens is 424 g/mol. The van der Waals surface area contributed by atoms with Crippen molar-refractivity contribution in [1.29, 1.82) is 0 Å². The fourth-order valence-corrected chi connectivity index (χ4v) is 3.77. The summed E-state index contributed by atoms with van der Waals surface area (Å²) < 4.78 is 0. The molecule has 0 fully saturated rings. The Balaban J connectivity index is 1.61. The van der Waals surface area contributed by atoms with Crippen molar-refractivity contribution in [1.82, 2.24) is 4.90 Å². The molecule has 6 nitrogen and oxygen atoms in total. The largest absolute Gasteiger partial charge is 0.345 e. The Morgan fingerprint density at radius 1 is 1.00 bits per heavy atom. The Labute approximate surface area is 192 Å². The van der Waals surface area contributed by atoms with E-state index in [1.165, 1.54) is 4.90 Å². The van der Waals surface area contributed by atoms with Crippen LogP contribution in [0, 0.1) is 0 Å². The van der Waals surface area contributed by atoms with Gasteiger partial charge in [0.25, 0.3) is 11.8 Å². The number of rotatable bonds is 5. The molecule has 162 valence electrons. The van der Waals surface area contributed by atoms with Crippen LogP contribution in [0.4, 0.5) is 11.4 Å². The second kappa shape index (κ2) is 9.24. The van der Waals surface area contributed by atoms with Crippen LogP contribution in [0.2, 0.25) is 5.02 Å². The average Bonchev–Trinajstić information content (AvgIpc) is 3.27. The molecule has 0 aliphatic carbocycles. The van der Waals surface area contributed by atoms with E-state index >= 15 is 0 Å². The number of carbonyl (C=O) groups excluding carboxylic acids is 2. The second-order valence-electron chi connectivity index (χ2n) is 7.71. The summed E-state index contributed by atoms with van der Waals surface area (Å²) in [5.74, 6) is -0.518. The van der Waals surface area contributed by atoms with Crippen LogP contribution in [0.5, 0.6) is 0 Å². The van der Waals surface area contributed by atoms with Crippen LogP contribution in [-0.2, 0) is 4.79 Å². The number of anilines is 2. The van der Waals surface area contributed by atoms with E-state index in [1.54, 1.807) is 32.3 Å². The summed E-state index contributed by atoms with van der Waals surface area (Å²) in [5, 5.41) is 9.70. The van der Waals surface area contributed by atoms with E-state index in [9.17, 15) is 9.59 Å². The van der Waals surface area contributed by atoms with Crippen LogP contribution in [0.3, 0.4) is 0 Å². The van der Waals surface area contributed by atoms with Gasteiger partial charge in [0.2, 0.25) is 0 Å². The lowest BCUT2D eigenvalue weighted by Crippen LogP contribution is -2.24. The van der Waals surface area contributed by atoms with Crippen LogP contribution in [0.15, 0.2) is 84.0 Å². The number of amides is 2. The maximum atomic E-state index is 13.1. The van der Waals surface area contributed by atoms with E-state index < -0.39 is 0 Å². The highest BCUT2D eigenvalue weighted by molar-refractivity contribution is 6.45. The van der Waals surface area contributed by atoms with Crippen LogP contribution < -0.4 is 10.3 Å². The number of hydrogen-bond acceptors (Lipinski definition) is 4. The number of nitrogens with one attached hydrogen (secondary N) is 1. The maximum absolute atomic E-state index is 13.1. The second-order valence-corrected chi connectivity index (χ2v) is 8.11. The lowest BCUT2D eigenvalue weighted by Gasteiger charge is -2.23. The van der Waals surface area contributed by atoms with E-state index in [4.69, 9.17) is 11.6 Å². The van der Waals surface area contributed by atoms with Crippen molar-refractivity contribution >= 4 is 40.5 Å². The average molecular weight is 447 g/mol. The minimum Gasteiger partial charge on any atom is -0.345 e. The highest BCUT2D eigenvalue weighted by Crippen LogP contribution is 2.35. The molecule has 0 aromatic heterocycles. The van der Waals surface area contributed by atoms with E-state index in [0.29, 0.717) is 28.4 Å². The van der Waals surface area contributed by atoms with E-state index in [-0.39, 0.29) is 17.9 Å². The van der Waals surface area contributed by atoms with Gasteiger partial charge < -0.3 is 10.2 Å². The smallest absolute Gasteiger partial charge is 0.272 e. The molecule has 1 unspecified atom stereocenters. The Bertz CT molecular complexity index is 1160. The Morgan fingerprint density at radius 3 is 2.31 bits per heavy atom. The fraction of sp³-hybridized carbons (Fsp3) is 0.160. The normalized spacial score (nSPS) is 15.3.